The maximum atomic E-state index is 6.33. The lowest BCUT2D eigenvalue weighted by Gasteiger charge is -2.34. The number of aromatic nitrogens is 1. The molecule has 92 valence electrons. The predicted octanol–water partition coefficient (Wildman–Crippen LogP) is 3.05. The molecular formula is C15H15BrN2. The summed E-state index contributed by atoms with van der Waals surface area (Å²) in [5.41, 5.74) is 10.4. The molecule has 18 heavy (non-hydrogen) atoms. The van der Waals surface area contributed by atoms with Crippen molar-refractivity contribution in [3.8, 4) is 0 Å². The van der Waals surface area contributed by atoms with Crippen LogP contribution in [-0.2, 0) is 12.8 Å². The summed E-state index contributed by atoms with van der Waals surface area (Å²) in [6, 6.07) is 10.9. The molecule has 2 aromatic rings. The molecule has 0 bridgehead atoms. The van der Waals surface area contributed by atoms with Crippen LogP contribution in [0, 0.1) is 0 Å². The van der Waals surface area contributed by atoms with E-state index in [-0.39, 0.29) is 6.04 Å². The lowest BCUT2D eigenvalue weighted by atomic mass is 9.72. The standard InChI is InChI=1S/C15H15BrN2/c16-12-5-10(8-18-9-12)6-15(17)14-7-11-3-1-2-4-13(11)14/h1-5,8-9,14-15H,6-7,17H2. The lowest BCUT2D eigenvalue weighted by Crippen LogP contribution is -2.37. The zero-order valence-corrected chi connectivity index (χ0v) is 11.6. The third kappa shape index (κ3) is 2.20. The fraction of sp³-hybridized carbons (Fsp3) is 0.267. The average Bonchev–Trinajstić information content (AvgIpc) is 2.30. The van der Waals surface area contributed by atoms with Crippen molar-refractivity contribution in [1.82, 2.24) is 4.98 Å². The molecule has 0 fully saturated rings. The van der Waals surface area contributed by atoms with Gasteiger partial charge in [0.25, 0.3) is 0 Å². The van der Waals surface area contributed by atoms with Crippen LogP contribution in [0.1, 0.15) is 22.6 Å². The summed E-state index contributed by atoms with van der Waals surface area (Å²) in [4.78, 5) is 4.18. The molecule has 2 atom stereocenters. The van der Waals surface area contributed by atoms with Gasteiger partial charge in [0.05, 0.1) is 0 Å². The molecule has 1 aromatic heterocycles. The Morgan fingerprint density at radius 2 is 2.17 bits per heavy atom. The minimum absolute atomic E-state index is 0.177. The van der Waals surface area contributed by atoms with Gasteiger partial charge in [-0.25, -0.2) is 0 Å². The quantitative estimate of drug-likeness (QED) is 0.946. The zero-order valence-electron chi connectivity index (χ0n) is 10.0. The van der Waals surface area contributed by atoms with Gasteiger partial charge in [-0.05, 0) is 51.5 Å². The second-order valence-corrected chi connectivity index (χ2v) is 5.80. The van der Waals surface area contributed by atoms with E-state index in [9.17, 15) is 0 Å². The Balaban J connectivity index is 1.72. The van der Waals surface area contributed by atoms with Gasteiger partial charge in [-0.2, -0.15) is 0 Å². The Bertz CT molecular complexity index is 568. The number of halogens is 1. The van der Waals surface area contributed by atoms with Crippen molar-refractivity contribution in [2.75, 3.05) is 0 Å². The van der Waals surface area contributed by atoms with Gasteiger partial charge in [0.1, 0.15) is 0 Å². The van der Waals surface area contributed by atoms with Crippen LogP contribution in [-0.4, -0.2) is 11.0 Å². The summed E-state index contributed by atoms with van der Waals surface area (Å²) in [5, 5.41) is 0. The van der Waals surface area contributed by atoms with Gasteiger partial charge in [-0.15, -0.1) is 0 Å². The third-order valence-electron chi connectivity index (χ3n) is 3.64. The fourth-order valence-corrected chi connectivity index (χ4v) is 3.07. The highest BCUT2D eigenvalue weighted by Gasteiger charge is 2.30. The van der Waals surface area contributed by atoms with Gasteiger partial charge in [-0.3, -0.25) is 4.98 Å². The van der Waals surface area contributed by atoms with Crippen molar-refractivity contribution in [2.24, 2.45) is 5.73 Å². The molecule has 1 heterocycles. The maximum Gasteiger partial charge on any atom is 0.0410 e. The minimum atomic E-state index is 0.177. The molecule has 2 nitrogen and oxygen atoms in total. The third-order valence-corrected chi connectivity index (χ3v) is 4.08. The van der Waals surface area contributed by atoms with Crippen molar-refractivity contribution < 1.29 is 0 Å². The Labute approximate surface area is 115 Å². The van der Waals surface area contributed by atoms with E-state index >= 15 is 0 Å². The summed E-state index contributed by atoms with van der Waals surface area (Å²) in [6.45, 7) is 0. The average molecular weight is 303 g/mol. The van der Waals surface area contributed by atoms with Gasteiger partial charge in [0.2, 0.25) is 0 Å². The Kier molecular flexibility index (Phi) is 3.18. The molecule has 0 spiro atoms. The van der Waals surface area contributed by atoms with Gasteiger partial charge in [0, 0.05) is 28.8 Å². The molecule has 0 radical (unpaired) electrons. The Morgan fingerprint density at radius 3 is 2.94 bits per heavy atom. The van der Waals surface area contributed by atoms with Gasteiger partial charge in [-0.1, -0.05) is 24.3 Å². The number of nitrogens with zero attached hydrogens (tertiary/aromatic N) is 1. The van der Waals surface area contributed by atoms with Crippen molar-refractivity contribution in [3.05, 3.63) is 63.9 Å². The number of hydrogen-bond donors (Lipinski definition) is 1. The SMILES string of the molecule is NC(Cc1cncc(Br)c1)C1Cc2ccccc21. The molecule has 1 aliphatic rings. The summed E-state index contributed by atoms with van der Waals surface area (Å²) in [6.07, 6.45) is 5.69. The zero-order chi connectivity index (χ0) is 12.5. The first kappa shape index (κ1) is 11.9. The molecule has 2 N–H and O–H groups in total. The first-order valence-electron chi connectivity index (χ1n) is 6.17. The Hall–Kier alpha value is -1.19. The van der Waals surface area contributed by atoms with E-state index in [0.29, 0.717) is 5.92 Å². The predicted molar refractivity (Wildman–Crippen MR) is 76.5 cm³/mol. The highest BCUT2D eigenvalue weighted by atomic mass is 79.9. The van der Waals surface area contributed by atoms with Crippen LogP contribution in [0.2, 0.25) is 0 Å². The second kappa shape index (κ2) is 4.82. The molecular weight excluding hydrogens is 288 g/mol. The molecule has 0 amide bonds. The highest BCUT2D eigenvalue weighted by Crippen LogP contribution is 2.37. The number of pyridine rings is 1. The molecule has 2 unspecified atom stereocenters. The summed E-state index contributed by atoms with van der Waals surface area (Å²) >= 11 is 3.44. The maximum absolute atomic E-state index is 6.33. The van der Waals surface area contributed by atoms with Crippen LogP contribution < -0.4 is 5.73 Å². The molecule has 0 saturated heterocycles. The van der Waals surface area contributed by atoms with Crippen molar-refractivity contribution in [1.29, 1.82) is 0 Å². The van der Waals surface area contributed by atoms with Crippen LogP contribution in [0.5, 0.6) is 0 Å². The van der Waals surface area contributed by atoms with E-state index < -0.39 is 0 Å². The van der Waals surface area contributed by atoms with Crippen LogP contribution in [0.15, 0.2) is 47.2 Å². The molecule has 3 heteroatoms. The highest BCUT2D eigenvalue weighted by molar-refractivity contribution is 9.10. The van der Waals surface area contributed by atoms with Crippen molar-refractivity contribution >= 4 is 15.9 Å². The smallest absolute Gasteiger partial charge is 0.0410 e. The normalized spacial score (nSPS) is 18.9. The molecule has 3 rings (SSSR count). The summed E-state index contributed by atoms with van der Waals surface area (Å²) in [7, 11) is 0. The monoisotopic (exact) mass is 302 g/mol. The van der Waals surface area contributed by atoms with Crippen molar-refractivity contribution in [3.63, 3.8) is 0 Å². The first-order valence-corrected chi connectivity index (χ1v) is 6.96. The first-order chi connectivity index (χ1) is 8.74. The molecule has 0 saturated carbocycles. The van der Waals surface area contributed by atoms with Crippen LogP contribution in [0.25, 0.3) is 0 Å². The summed E-state index contributed by atoms with van der Waals surface area (Å²) < 4.78 is 1.02. The number of benzene rings is 1. The van der Waals surface area contributed by atoms with E-state index in [4.69, 9.17) is 5.73 Å². The van der Waals surface area contributed by atoms with Crippen LogP contribution in [0.4, 0.5) is 0 Å². The van der Waals surface area contributed by atoms with E-state index in [2.05, 4.69) is 51.2 Å². The number of fused-ring (bicyclic) bond motifs is 1. The lowest BCUT2D eigenvalue weighted by molar-refractivity contribution is 0.480. The molecule has 1 aliphatic carbocycles. The number of hydrogen-bond acceptors (Lipinski definition) is 2. The number of nitrogens with two attached hydrogens (primary N) is 1. The van der Waals surface area contributed by atoms with E-state index in [1.165, 1.54) is 16.7 Å². The van der Waals surface area contributed by atoms with Crippen LogP contribution >= 0.6 is 15.9 Å². The molecule has 1 aromatic carbocycles. The van der Waals surface area contributed by atoms with Gasteiger partial charge < -0.3 is 5.73 Å². The fourth-order valence-electron chi connectivity index (χ4n) is 2.66. The van der Waals surface area contributed by atoms with Crippen LogP contribution in [0.3, 0.4) is 0 Å². The Morgan fingerprint density at radius 1 is 1.33 bits per heavy atom. The largest absolute Gasteiger partial charge is 0.327 e. The summed E-state index contributed by atoms with van der Waals surface area (Å²) in [5.74, 6) is 0.500. The minimum Gasteiger partial charge on any atom is -0.327 e. The second-order valence-electron chi connectivity index (χ2n) is 4.89. The van der Waals surface area contributed by atoms with Gasteiger partial charge in [0.15, 0.2) is 0 Å². The van der Waals surface area contributed by atoms with E-state index in [1.54, 1.807) is 6.20 Å². The molecule has 0 aliphatic heterocycles. The van der Waals surface area contributed by atoms with E-state index in [0.717, 1.165) is 17.3 Å². The van der Waals surface area contributed by atoms with E-state index in [1.807, 2.05) is 6.20 Å². The topological polar surface area (TPSA) is 38.9 Å². The van der Waals surface area contributed by atoms with Crippen molar-refractivity contribution in [2.45, 2.75) is 24.8 Å². The number of rotatable bonds is 3. The van der Waals surface area contributed by atoms with Gasteiger partial charge >= 0.3 is 0 Å².